The number of hydrogen-bond acceptors (Lipinski definition) is 9. The first-order valence-electron chi connectivity index (χ1n) is 15.5. The normalized spacial score (nSPS) is 16.5. The second kappa shape index (κ2) is 13.2. The number of carboxylic acids is 1. The quantitative estimate of drug-likeness (QED) is 0.227. The molecule has 11 nitrogen and oxygen atoms in total. The Labute approximate surface area is 270 Å². The first kappa shape index (κ1) is 30.3. The molecule has 47 heavy (non-hydrogen) atoms. The van der Waals surface area contributed by atoms with Gasteiger partial charge in [-0.2, -0.15) is 10.2 Å². The number of halogens is 1. The van der Waals surface area contributed by atoms with Gasteiger partial charge in [-0.15, -0.1) is 0 Å². The van der Waals surface area contributed by atoms with Gasteiger partial charge in [-0.3, -0.25) is 9.88 Å². The number of ether oxygens (including phenoxy) is 2. The second-order valence-electron chi connectivity index (χ2n) is 11.6. The van der Waals surface area contributed by atoms with Crippen LogP contribution < -0.4 is 9.64 Å². The Morgan fingerprint density at radius 2 is 1.91 bits per heavy atom. The van der Waals surface area contributed by atoms with Gasteiger partial charge in [0.25, 0.3) is 0 Å². The fourth-order valence-corrected chi connectivity index (χ4v) is 5.95. The highest BCUT2D eigenvalue weighted by Gasteiger charge is 2.26. The zero-order chi connectivity index (χ0) is 32.3. The summed E-state index contributed by atoms with van der Waals surface area (Å²) in [7, 11) is 0. The summed E-state index contributed by atoms with van der Waals surface area (Å²) in [5.74, 6) is 0.537. The van der Waals surface area contributed by atoms with E-state index in [1.54, 1.807) is 36.5 Å². The number of imidazole rings is 1. The number of aromatic nitrogens is 4. The topological polar surface area (TPSA) is 130 Å². The Bertz CT molecular complexity index is 1960. The summed E-state index contributed by atoms with van der Waals surface area (Å²) in [5, 5.41) is 18.9. The molecule has 5 aromatic rings. The molecule has 2 aliphatic heterocycles. The SMILES string of the molecule is N#Cc1ccc(COc2cccc(N3CCN(Cc4nc5c(-c6ccccn6)cc(C(=O)O)cc5n4C[C@@H]4CCO4)CC3)n2)c(F)c1. The van der Waals surface area contributed by atoms with E-state index < -0.39 is 11.8 Å². The number of piperazine rings is 1. The number of aromatic carboxylic acids is 1. The number of nitriles is 1. The number of carboxylic acid groups (broad SMARTS) is 1. The molecule has 3 aromatic heterocycles. The fraction of sp³-hybridized carbons (Fsp3) is 0.286. The zero-order valence-electron chi connectivity index (χ0n) is 25.5. The van der Waals surface area contributed by atoms with Crippen molar-refractivity contribution >= 4 is 22.8 Å². The lowest BCUT2D eigenvalue weighted by molar-refractivity contribution is -0.0592. The van der Waals surface area contributed by atoms with Crippen LogP contribution in [0.2, 0.25) is 0 Å². The minimum absolute atomic E-state index is 0.00464. The van der Waals surface area contributed by atoms with E-state index in [4.69, 9.17) is 19.7 Å². The molecule has 1 N–H and O–H groups in total. The van der Waals surface area contributed by atoms with Gasteiger partial charge >= 0.3 is 5.97 Å². The fourth-order valence-electron chi connectivity index (χ4n) is 5.95. The van der Waals surface area contributed by atoms with Gasteiger partial charge in [0.05, 0.1) is 53.1 Å². The van der Waals surface area contributed by atoms with Crippen LogP contribution in [0.3, 0.4) is 0 Å². The van der Waals surface area contributed by atoms with E-state index in [1.165, 1.54) is 6.07 Å². The van der Waals surface area contributed by atoms with Gasteiger partial charge in [0, 0.05) is 56.2 Å². The van der Waals surface area contributed by atoms with Crippen LogP contribution >= 0.6 is 0 Å². The van der Waals surface area contributed by atoms with Crippen LogP contribution in [0.1, 0.15) is 33.7 Å². The van der Waals surface area contributed by atoms with E-state index in [9.17, 15) is 14.3 Å². The molecular weight excluding hydrogens is 601 g/mol. The molecule has 0 radical (unpaired) electrons. The Morgan fingerprint density at radius 3 is 2.62 bits per heavy atom. The maximum absolute atomic E-state index is 14.3. The monoisotopic (exact) mass is 633 g/mol. The third-order valence-corrected chi connectivity index (χ3v) is 8.63. The Hall–Kier alpha value is -5.38. The van der Waals surface area contributed by atoms with Gasteiger partial charge in [-0.25, -0.2) is 14.2 Å². The molecule has 7 rings (SSSR count). The first-order valence-corrected chi connectivity index (χ1v) is 15.5. The molecule has 12 heteroatoms. The Kier molecular flexibility index (Phi) is 8.48. The van der Waals surface area contributed by atoms with Crippen molar-refractivity contribution in [1.82, 2.24) is 24.4 Å². The molecule has 2 fully saturated rings. The minimum atomic E-state index is -1.00. The van der Waals surface area contributed by atoms with Crippen molar-refractivity contribution in [2.75, 3.05) is 37.7 Å². The summed E-state index contributed by atoms with van der Waals surface area (Å²) in [6.07, 6.45) is 2.70. The molecule has 0 spiro atoms. The van der Waals surface area contributed by atoms with Crippen molar-refractivity contribution in [3.05, 3.63) is 101 Å². The summed E-state index contributed by atoms with van der Waals surface area (Å²) < 4.78 is 28.0. The van der Waals surface area contributed by atoms with E-state index in [0.29, 0.717) is 35.8 Å². The molecule has 0 saturated carbocycles. The van der Waals surface area contributed by atoms with Crippen molar-refractivity contribution in [2.45, 2.75) is 32.2 Å². The number of pyridine rings is 2. The Balaban J connectivity index is 1.08. The summed E-state index contributed by atoms with van der Waals surface area (Å²) in [4.78, 5) is 30.9. The molecule has 1 atom stereocenters. The number of hydrogen-bond donors (Lipinski definition) is 1. The predicted molar refractivity (Wildman–Crippen MR) is 171 cm³/mol. The maximum atomic E-state index is 14.3. The van der Waals surface area contributed by atoms with Gasteiger partial charge in [-0.05, 0) is 48.9 Å². The third kappa shape index (κ3) is 6.49. The first-order chi connectivity index (χ1) is 22.9. The molecule has 2 aromatic carbocycles. The van der Waals surface area contributed by atoms with Crippen molar-refractivity contribution in [2.24, 2.45) is 0 Å². The molecule has 5 heterocycles. The van der Waals surface area contributed by atoms with Gasteiger partial charge in [0.2, 0.25) is 5.88 Å². The van der Waals surface area contributed by atoms with Crippen LogP contribution in [0, 0.1) is 17.1 Å². The largest absolute Gasteiger partial charge is 0.478 e. The van der Waals surface area contributed by atoms with Crippen LogP contribution in [0.15, 0.2) is 72.9 Å². The summed E-state index contributed by atoms with van der Waals surface area (Å²) in [6, 6.07) is 20.7. The summed E-state index contributed by atoms with van der Waals surface area (Å²) in [6.45, 7) is 4.90. The lowest BCUT2D eigenvalue weighted by Gasteiger charge is -2.35. The average Bonchev–Trinajstić information content (AvgIpc) is 3.42. The van der Waals surface area contributed by atoms with Crippen LogP contribution in [-0.2, 0) is 24.4 Å². The van der Waals surface area contributed by atoms with Crippen LogP contribution in [0.5, 0.6) is 5.88 Å². The number of fused-ring (bicyclic) bond motifs is 1. The Morgan fingerprint density at radius 1 is 1.06 bits per heavy atom. The smallest absolute Gasteiger partial charge is 0.335 e. The third-order valence-electron chi connectivity index (χ3n) is 8.63. The number of anilines is 1. The van der Waals surface area contributed by atoms with E-state index in [1.807, 2.05) is 36.4 Å². The number of carbonyl (C=O) groups is 1. The van der Waals surface area contributed by atoms with Crippen LogP contribution in [0.25, 0.3) is 22.3 Å². The van der Waals surface area contributed by atoms with Crippen molar-refractivity contribution < 1.29 is 23.8 Å². The van der Waals surface area contributed by atoms with Gasteiger partial charge in [0.1, 0.15) is 24.1 Å². The summed E-state index contributed by atoms with van der Waals surface area (Å²) in [5.41, 5.74) is 3.65. The second-order valence-corrected chi connectivity index (χ2v) is 11.6. The van der Waals surface area contributed by atoms with E-state index in [2.05, 4.69) is 24.3 Å². The molecule has 0 unspecified atom stereocenters. The number of benzene rings is 2. The standard InChI is InChI=1S/C35H32FN7O4/c36-28-16-23(19-37)7-8-24(28)22-47-33-6-3-5-31(39-33)42-13-11-41(12-14-42)21-32-40-34-27(29-4-1-2-10-38-29)17-25(35(44)45)18-30(34)43(32)20-26-9-15-46-26/h1-8,10,16-18,26H,9,11-15,20-22H2,(H,44,45)/t26-/m0/s1. The van der Waals surface area contributed by atoms with Crippen molar-refractivity contribution in [1.29, 1.82) is 5.26 Å². The van der Waals surface area contributed by atoms with Gasteiger partial charge < -0.3 is 24.0 Å². The highest BCUT2D eigenvalue weighted by atomic mass is 19.1. The molecule has 0 bridgehead atoms. The summed E-state index contributed by atoms with van der Waals surface area (Å²) >= 11 is 0. The van der Waals surface area contributed by atoms with Crippen molar-refractivity contribution in [3.8, 4) is 23.2 Å². The van der Waals surface area contributed by atoms with E-state index >= 15 is 0 Å². The lowest BCUT2D eigenvalue weighted by atomic mass is 10.0. The minimum Gasteiger partial charge on any atom is -0.478 e. The molecule has 238 valence electrons. The zero-order valence-corrected chi connectivity index (χ0v) is 25.5. The molecule has 2 aliphatic rings. The average molecular weight is 634 g/mol. The maximum Gasteiger partial charge on any atom is 0.335 e. The highest BCUT2D eigenvalue weighted by Crippen LogP contribution is 2.31. The number of rotatable bonds is 10. The molecule has 0 aliphatic carbocycles. The van der Waals surface area contributed by atoms with Crippen LogP contribution in [0.4, 0.5) is 10.2 Å². The highest BCUT2D eigenvalue weighted by molar-refractivity contribution is 5.99. The van der Waals surface area contributed by atoms with Gasteiger partial charge in [0.15, 0.2) is 0 Å². The molecular formula is C35H32FN7O4. The van der Waals surface area contributed by atoms with Gasteiger partial charge in [-0.1, -0.05) is 18.2 Å². The molecule has 0 amide bonds. The van der Waals surface area contributed by atoms with E-state index in [-0.39, 0.29) is 23.8 Å². The molecule has 2 saturated heterocycles. The van der Waals surface area contributed by atoms with E-state index in [0.717, 1.165) is 61.9 Å². The van der Waals surface area contributed by atoms with Crippen LogP contribution in [-0.4, -0.2) is 74.4 Å². The predicted octanol–water partition coefficient (Wildman–Crippen LogP) is 4.89. The number of nitrogens with zero attached hydrogens (tertiary/aromatic N) is 7. The van der Waals surface area contributed by atoms with Crippen molar-refractivity contribution in [3.63, 3.8) is 0 Å². The lowest BCUT2D eigenvalue weighted by Crippen LogP contribution is -2.46.